The summed E-state index contributed by atoms with van der Waals surface area (Å²) in [7, 11) is -3.36. The fraction of sp³-hybridized carbons (Fsp3) is 0.571. The number of hydrogen-bond acceptors (Lipinski definition) is 3. The van der Waals surface area contributed by atoms with Gasteiger partial charge in [-0.15, -0.1) is 0 Å². The van der Waals surface area contributed by atoms with Crippen molar-refractivity contribution >= 4 is 33.2 Å². The number of piperidine rings is 1. The molecule has 7 heteroatoms. The topological polar surface area (TPSA) is 63.4 Å². The Morgan fingerprint density at radius 3 is 2.71 bits per heavy atom. The number of halogens is 2. The molecule has 2 atom stereocenters. The summed E-state index contributed by atoms with van der Waals surface area (Å²) in [5, 5.41) is 0.796. The second-order valence-corrected chi connectivity index (χ2v) is 8.41. The van der Waals surface area contributed by atoms with Crippen molar-refractivity contribution in [3.05, 3.63) is 33.8 Å². The molecule has 0 bridgehead atoms. The van der Waals surface area contributed by atoms with Crippen LogP contribution in [-0.2, 0) is 15.8 Å². The third kappa shape index (κ3) is 4.33. The monoisotopic (exact) mass is 350 g/mol. The molecule has 0 saturated carbocycles. The summed E-state index contributed by atoms with van der Waals surface area (Å²) in [6.07, 6.45) is 1.84. The van der Waals surface area contributed by atoms with Crippen LogP contribution in [0, 0.1) is 5.92 Å². The predicted octanol–water partition coefficient (Wildman–Crippen LogP) is 2.88. The Morgan fingerprint density at radius 1 is 1.38 bits per heavy atom. The Balaban J connectivity index is 2.12. The maximum atomic E-state index is 12.5. The van der Waals surface area contributed by atoms with Gasteiger partial charge in [-0.2, -0.15) is 0 Å². The quantitative estimate of drug-likeness (QED) is 0.907. The molecule has 1 fully saturated rings. The minimum Gasteiger partial charge on any atom is -0.328 e. The van der Waals surface area contributed by atoms with Gasteiger partial charge in [0.05, 0.1) is 15.8 Å². The largest absolute Gasteiger partial charge is 0.328 e. The minimum absolute atomic E-state index is 0.00739. The lowest BCUT2D eigenvalue weighted by Crippen LogP contribution is -2.45. The van der Waals surface area contributed by atoms with E-state index in [0.717, 1.165) is 12.8 Å². The van der Waals surface area contributed by atoms with Gasteiger partial charge >= 0.3 is 0 Å². The van der Waals surface area contributed by atoms with Gasteiger partial charge in [-0.25, -0.2) is 12.7 Å². The van der Waals surface area contributed by atoms with E-state index in [4.69, 9.17) is 28.9 Å². The van der Waals surface area contributed by atoms with Crippen LogP contribution in [0.3, 0.4) is 0 Å². The van der Waals surface area contributed by atoms with Crippen LogP contribution in [0.5, 0.6) is 0 Å². The number of rotatable bonds is 4. The Labute approximate surface area is 136 Å². The average Bonchev–Trinajstić information content (AvgIpc) is 2.43. The lowest BCUT2D eigenvalue weighted by molar-refractivity contribution is 0.243. The summed E-state index contributed by atoms with van der Waals surface area (Å²) in [5.41, 5.74) is 6.55. The van der Waals surface area contributed by atoms with Gasteiger partial charge in [-0.1, -0.05) is 29.3 Å². The highest BCUT2D eigenvalue weighted by Gasteiger charge is 2.30. The molecule has 118 valence electrons. The third-order valence-corrected chi connectivity index (χ3v) is 6.45. The van der Waals surface area contributed by atoms with Crippen LogP contribution in [0.25, 0.3) is 0 Å². The molecule has 1 aliphatic rings. The third-order valence-electron chi connectivity index (χ3n) is 3.89. The van der Waals surface area contributed by atoms with Crippen molar-refractivity contribution in [2.45, 2.75) is 31.6 Å². The molecule has 2 rings (SSSR count). The number of benzene rings is 1. The van der Waals surface area contributed by atoms with Crippen molar-refractivity contribution in [3.63, 3.8) is 0 Å². The molecule has 0 amide bonds. The van der Waals surface area contributed by atoms with Crippen LogP contribution < -0.4 is 5.73 Å². The smallest absolute Gasteiger partial charge is 0.218 e. The zero-order chi connectivity index (χ0) is 15.6. The second-order valence-electron chi connectivity index (χ2n) is 5.62. The number of sulfonamides is 1. The van der Waals surface area contributed by atoms with E-state index in [9.17, 15) is 8.42 Å². The van der Waals surface area contributed by atoms with Crippen molar-refractivity contribution in [3.8, 4) is 0 Å². The van der Waals surface area contributed by atoms with Gasteiger partial charge in [-0.3, -0.25) is 0 Å². The first-order chi connectivity index (χ1) is 9.79. The standard InChI is InChI=1S/C14H20Cl2N2O2S/c1-10(17)12-3-2-6-18(8-12)21(19,20)9-11-4-5-13(15)14(16)7-11/h4-5,7,10,12H,2-3,6,8-9,17H2,1H3/t10-,12+/m0/s1. The van der Waals surface area contributed by atoms with Crippen LogP contribution >= 0.6 is 23.2 Å². The molecule has 21 heavy (non-hydrogen) atoms. The van der Waals surface area contributed by atoms with E-state index in [2.05, 4.69) is 0 Å². The molecule has 1 aromatic carbocycles. The van der Waals surface area contributed by atoms with Gasteiger partial charge in [0.15, 0.2) is 0 Å². The van der Waals surface area contributed by atoms with Crippen LogP contribution in [0.15, 0.2) is 18.2 Å². The van der Waals surface area contributed by atoms with E-state index in [1.54, 1.807) is 22.5 Å². The second kappa shape index (κ2) is 6.84. The van der Waals surface area contributed by atoms with Crippen molar-refractivity contribution in [2.24, 2.45) is 11.7 Å². The van der Waals surface area contributed by atoms with Gasteiger partial charge in [0, 0.05) is 19.1 Å². The number of nitrogens with zero attached hydrogens (tertiary/aromatic N) is 1. The molecule has 1 aromatic rings. The molecule has 1 heterocycles. The van der Waals surface area contributed by atoms with E-state index in [1.807, 2.05) is 6.92 Å². The van der Waals surface area contributed by atoms with Crippen LogP contribution in [0.1, 0.15) is 25.3 Å². The zero-order valence-corrected chi connectivity index (χ0v) is 14.3. The zero-order valence-electron chi connectivity index (χ0n) is 11.9. The van der Waals surface area contributed by atoms with Crippen LogP contribution in [0.2, 0.25) is 10.0 Å². The molecule has 1 aliphatic heterocycles. The fourth-order valence-electron chi connectivity index (χ4n) is 2.59. The highest BCUT2D eigenvalue weighted by Crippen LogP contribution is 2.26. The molecule has 0 radical (unpaired) electrons. The van der Waals surface area contributed by atoms with Crippen LogP contribution in [0.4, 0.5) is 0 Å². The summed E-state index contributed by atoms with van der Waals surface area (Å²) < 4.78 is 26.6. The highest BCUT2D eigenvalue weighted by atomic mass is 35.5. The normalized spacial score (nSPS) is 22.2. The summed E-state index contributed by atoms with van der Waals surface area (Å²) in [5.74, 6) is 0.164. The number of hydrogen-bond donors (Lipinski definition) is 1. The van der Waals surface area contributed by atoms with Crippen molar-refractivity contribution < 1.29 is 8.42 Å². The summed E-state index contributed by atoms with van der Waals surface area (Å²) >= 11 is 11.8. The molecule has 0 spiro atoms. The molecule has 0 unspecified atom stereocenters. The SMILES string of the molecule is C[C@H](N)[C@@H]1CCCN(S(=O)(=O)Cc2ccc(Cl)c(Cl)c2)C1. The summed E-state index contributed by atoms with van der Waals surface area (Å²) in [6, 6.07) is 4.93. The molecular formula is C14H20Cl2N2O2S. The average molecular weight is 351 g/mol. The first-order valence-electron chi connectivity index (χ1n) is 6.97. The molecule has 1 saturated heterocycles. The fourth-order valence-corrected chi connectivity index (χ4v) is 4.52. The van der Waals surface area contributed by atoms with E-state index < -0.39 is 10.0 Å². The first kappa shape index (κ1) is 17.0. The Bertz CT molecular complexity index is 605. The molecule has 2 N–H and O–H groups in total. The number of nitrogens with two attached hydrogens (primary N) is 1. The van der Waals surface area contributed by atoms with Gasteiger partial charge in [0.2, 0.25) is 10.0 Å². The van der Waals surface area contributed by atoms with Gasteiger partial charge < -0.3 is 5.73 Å². The Hall–Kier alpha value is -0.330. The molecule has 0 aliphatic carbocycles. The lowest BCUT2D eigenvalue weighted by Gasteiger charge is -2.33. The highest BCUT2D eigenvalue weighted by molar-refractivity contribution is 7.88. The first-order valence-corrected chi connectivity index (χ1v) is 9.33. The molecule has 0 aromatic heterocycles. The van der Waals surface area contributed by atoms with E-state index >= 15 is 0 Å². The summed E-state index contributed by atoms with van der Waals surface area (Å²) in [6.45, 7) is 2.99. The van der Waals surface area contributed by atoms with Crippen LogP contribution in [-0.4, -0.2) is 31.9 Å². The lowest BCUT2D eigenvalue weighted by atomic mass is 9.93. The van der Waals surface area contributed by atoms with Crippen molar-refractivity contribution in [2.75, 3.05) is 13.1 Å². The van der Waals surface area contributed by atoms with Crippen molar-refractivity contribution in [1.29, 1.82) is 0 Å². The van der Waals surface area contributed by atoms with Crippen molar-refractivity contribution in [1.82, 2.24) is 4.31 Å². The molecular weight excluding hydrogens is 331 g/mol. The van der Waals surface area contributed by atoms with E-state index in [-0.39, 0.29) is 17.7 Å². The van der Waals surface area contributed by atoms with E-state index in [0.29, 0.717) is 28.7 Å². The predicted molar refractivity (Wildman–Crippen MR) is 87.0 cm³/mol. The minimum atomic E-state index is -3.36. The maximum Gasteiger partial charge on any atom is 0.218 e. The van der Waals surface area contributed by atoms with Gasteiger partial charge in [0.1, 0.15) is 0 Å². The Kier molecular flexibility index (Phi) is 5.54. The maximum absolute atomic E-state index is 12.5. The van der Waals surface area contributed by atoms with Gasteiger partial charge in [-0.05, 0) is 43.4 Å². The molecule has 4 nitrogen and oxygen atoms in total. The van der Waals surface area contributed by atoms with Gasteiger partial charge in [0.25, 0.3) is 0 Å². The van der Waals surface area contributed by atoms with E-state index in [1.165, 1.54) is 0 Å². The summed E-state index contributed by atoms with van der Waals surface area (Å²) in [4.78, 5) is 0. The Morgan fingerprint density at radius 2 is 2.10 bits per heavy atom.